The van der Waals surface area contributed by atoms with Gasteiger partial charge in [0.15, 0.2) is 0 Å². The third-order valence-electron chi connectivity index (χ3n) is 7.14. The van der Waals surface area contributed by atoms with Gasteiger partial charge in [0, 0.05) is 62.8 Å². The molecule has 0 atom stereocenters. The third-order valence-corrected chi connectivity index (χ3v) is 7.14. The van der Waals surface area contributed by atoms with Crippen molar-refractivity contribution in [2.75, 3.05) is 50.1 Å². The van der Waals surface area contributed by atoms with Crippen LogP contribution >= 0.6 is 0 Å². The maximum absolute atomic E-state index is 12.3. The quantitative estimate of drug-likeness (QED) is 0.551. The molecular weight excluding hydrogens is 440 g/mol. The molecule has 0 spiro atoms. The summed E-state index contributed by atoms with van der Waals surface area (Å²) in [5, 5.41) is 3.96. The number of pyridine rings is 1. The second-order valence-electron chi connectivity index (χ2n) is 9.59. The van der Waals surface area contributed by atoms with Crippen molar-refractivity contribution in [2.45, 2.75) is 25.7 Å². The first kappa shape index (κ1) is 23.2. The van der Waals surface area contributed by atoms with Crippen LogP contribution in [0.25, 0.3) is 11.0 Å². The van der Waals surface area contributed by atoms with Gasteiger partial charge >= 0.3 is 0 Å². The van der Waals surface area contributed by atoms with Gasteiger partial charge in [-0.15, -0.1) is 6.42 Å². The van der Waals surface area contributed by atoms with Crippen molar-refractivity contribution in [2.24, 2.45) is 13.0 Å². The molecule has 1 saturated heterocycles. The van der Waals surface area contributed by atoms with Gasteiger partial charge in [-0.05, 0) is 37.9 Å². The molecule has 8 heteroatoms. The van der Waals surface area contributed by atoms with E-state index in [-0.39, 0.29) is 5.56 Å². The van der Waals surface area contributed by atoms with Gasteiger partial charge in [-0.3, -0.25) is 9.36 Å². The molecule has 1 N–H and O–H groups in total. The van der Waals surface area contributed by atoms with Gasteiger partial charge < -0.3 is 19.9 Å². The van der Waals surface area contributed by atoms with Crippen molar-refractivity contribution in [3.05, 3.63) is 46.4 Å². The van der Waals surface area contributed by atoms with E-state index in [2.05, 4.69) is 44.1 Å². The van der Waals surface area contributed by atoms with Crippen LogP contribution in [0.4, 0.5) is 17.3 Å². The van der Waals surface area contributed by atoms with E-state index in [4.69, 9.17) is 11.2 Å². The fraction of sp³-hybridized carbons (Fsp3) is 0.444. The molecule has 0 unspecified atom stereocenters. The molecule has 35 heavy (non-hydrogen) atoms. The van der Waals surface area contributed by atoms with E-state index in [1.165, 1.54) is 36.3 Å². The number of aromatic nitrogens is 3. The first-order chi connectivity index (χ1) is 17.0. The summed E-state index contributed by atoms with van der Waals surface area (Å²) in [7, 11) is 3.84. The van der Waals surface area contributed by atoms with Gasteiger partial charge in [0.25, 0.3) is 5.56 Å². The predicted molar refractivity (Wildman–Crippen MR) is 140 cm³/mol. The van der Waals surface area contributed by atoms with Crippen LogP contribution < -0.4 is 20.5 Å². The van der Waals surface area contributed by atoms with Crippen LogP contribution in [0.3, 0.4) is 0 Å². The van der Waals surface area contributed by atoms with Crippen LogP contribution in [-0.2, 0) is 7.05 Å². The number of hydrogen-bond donors (Lipinski definition) is 1. The highest BCUT2D eigenvalue weighted by atomic mass is 16.5. The number of benzene rings is 1. The topological polar surface area (TPSA) is 75.5 Å². The molecule has 2 aromatic heterocycles. The summed E-state index contributed by atoms with van der Waals surface area (Å²) in [6, 6.07) is 7.61. The number of aryl methyl sites for hydroxylation is 1. The number of fused-ring (bicyclic) bond motifs is 1. The van der Waals surface area contributed by atoms with Crippen LogP contribution in [0, 0.1) is 18.3 Å². The highest BCUT2D eigenvalue weighted by Gasteiger charge is 2.21. The van der Waals surface area contributed by atoms with Crippen molar-refractivity contribution >= 4 is 28.4 Å². The van der Waals surface area contributed by atoms with Gasteiger partial charge in [0.1, 0.15) is 11.4 Å². The first-order valence-corrected chi connectivity index (χ1v) is 12.3. The minimum absolute atomic E-state index is 0.200. The molecule has 0 radical (unpaired) electrons. The van der Waals surface area contributed by atoms with Gasteiger partial charge in [0.05, 0.1) is 17.7 Å². The molecule has 1 aliphatic carbocycles. The molecule has 3 aromatic rings. The Kier molecular flexibility index (Phi) is 6.60. The Morgan fingerprint density at radius 1 is 1.14 bits per heavy atom. The maximum Gasteiger partial charge on any atom is 0.253 e. The summed E-state index contributed by atoms with van der Waals surface area (Å²) in [5.74, 6) is 4.46. The molecule has 8 nitrogen and oxygen atoms in total. The molecule has 5 rings (SSSR count). The Morgan fingerprint density at radius 2 is 1.91 bits per heavy atom. The fourth-order valence-corrected chi connectivity index (χ4v) is 4.93. The number of ether oxygens (including phenoxy) is 1. The molecule has 3 heterocycles. The number of terminal acetylenes is 1. The highest BCUT2D eigenvalue weighted by molar-refractivity contribution is 5.82. The van der Waals surface area contributed by atoms with Gasteiger partial charge in [0.2, 0.25) is 5.95 Å². The third kappa shape index (κ3) is 4.96. The Bertz CT molecular complexity index is 1310. The summed E-state index contributed by atoms with van der Waals surface area (Å²) in [6.07, 6.45) is 12.3. The lowest BCUT2D eigenvalue weighted by molar-refractivity contribution is 0.251. The van der Waals surface area contributed by atoms with Gasteiger partial charge in [-0.25, -0.2) is 4.98 Å². The molecule has 2 fully saturated rings. The summed E-state index contributed by atoms with van der Waals surface area (Å²) >= 11 is 0. The summed E-state index contributed by atoms with van der Waals surface area (Å²) in [6.45, 7) is 4.76. The average molecular weight is 473 g/mol. The summed E-state index contributed by atoms with van der Waals surface area (Å²) in [5.41, 5.74) is 2.75. The number of nitrogens with one attached hydrogen (secondary N) is 1. The van der Waals surface area contributed by atoms with E-state index in [1.54, 1.807) is 13.2 Å². The lowest BCUT2D eigenvalue weighted by atomic mass is 10.1. The lowest BCUT2D eigenvalue weighted by Crippen LogP contribution is -2.44. The summed E-state index contributed by atoms with van der Waals surface area (Å²) < 4.78 is 7.89. The molecule has 2 aliphatic rings. The van der Waals surface area contributed by atoms with E-state index >= 15 is 0 Å². The molecular formula is C27H32N6O2. The smallest absolute Gasteiger partial charge is 0.253 e. The number of piperazine rings is 1. The Morgan fingerprint density at radius 3 is 2.66 bits per heavy atom. The van der Waals surface area contributed by atoms with E-state index in [0.29, 0.717) is 28.5 Å². The largest absolute Gasteiger partial charge is 0.491 e. The Hall–Kier alpha value is -3.57. The zero-order chi connectivity index (χ0) is 24.4. The van der Waals surface area contributed by atoms with Crippen LogP contribution in [-0.4, -0.2) is 59.3 Å². The van der Waals surface area contributed by atoms with Crippen molar-refractivity contribution < 1.29 is 4.74 Å². The molecule has 1 aromatic carbocycles. The highest BCUT2D eigenvalue weighted by Crippen LogP contribution is 2.35. The fourth-order valence-electron chi connectivity index (χ4n) is 4.93. The number of anilines is 3. The number of likely N-dealkylation sites (N-methyl/N-ethyl adjacent to an activating group) is 1. The molecule has 0 bridgehead atoms. The molecule has 182 valence electrons. The standard InChI is InChI=1S/C27H32N6O2/c1-4-20-15-25(34)32(3)26-22(20)17-28-27(30-26)29-21-9-10-23(33-13-11-31(2)12-14-33)24(16-21)35-18-19-7-5-6-8-19/h1,9-10,15-17,19H,5-8,11-14,18H2,2-3H3,(H,28,29,30). The van der Waals surface area contributed by atoms with Crippen molar-refractivity contribution in [3.63, 3.8) is 0 Å². The van der Waals surface area contributed by atoms with E-state index in [9.17, 15) is 4.79 Å². The van der Waals surface area contributed by atoms with Gasteiger partial charge in [-0.1, -0.05) is 18.8 Å². The van der Waals surface area contributed by atoms with Crippen molar-refractivity contribution in [1.29, 1.82) is 0 Å². The monoisotopic (exact) mass is 472 g/mol. The second-order valence-corrected chi connectivity index (χ2v) is 9.59. The van der Waals surface area contributed by atoms with Gasteiger partial charge in [-0.2, -0.15) is 4.98 Å². The Labute approximate surface area is 205 Å². The second kappa shape index (κ2) is 9.96. The van der Waals surface area contributed by atoms with E-state index in [1.807, 2.05) is 12.1 Å². The maximum atomic E-state index is 12.3. The molecule has 1 saturated carbocycles. The zero-order valence-corrected chi connectivity index (χ0v) is 20.5. The van der Waals surface area contributed by atoms with Crippen LogP contribution in [0.2, 0.25) is 0 Å². The minimum Gasteiger partial charge on any atom is -0.491 e. The Balaban J connectivity index is 1.43. The SMILES string of the molecule is C#Cc1cc(=O)n(C)c2nc(Nc3ccc(N4CCN(C)CC4)c(OCC4CCCC4)c3)ncc12. The number of hydrogen-bond acceptors (Lipinski definition) is 7. The van der Waals surface area contributed by atoms with E-state index < -0.39 is 0 Å². The average Bonchev–Trinajstić information content (AvgIpc) is 3.39. The number of nitrogens with zero attached hydrogens (tertiary/aromatic N) is 5. The molecule has 1 aliphatic heterocycles. The first-order valence-electron chi connectivity index (χ1n) is 12.3. The van der Waals surface area contributed by atoms with Crippen LogP contribution in [0.5, 0.6) is 5.75 Å². The van der Waals surface area contributed by atoms with Crippen molar-refractivity contribution in [3.8, 4) is 18.1 Å². The number of rotatable bonds is 6. The van der Waals surface area contributed by atoms with E-state index in [0.717, 1.165) is 49.9 Å². The van der Waals surface area contributed by atoms with Crippen LogP contribution in [0.1, 0.15) is 31.2 Å². The predicted octanol–water partition coefficient (Wildman–Crippen LogP) is 3.37. The summed E-state index contributed by atoms with van der Waals surface area (Å²) in [4.78, 5) is 26.1. The molecule has 0 amide bonds. The minimum atomic E-state index is -0.200. The lowest BCUT2D eigenvalue weighted by Gasteiger charge is -2.35. The zero-order valence-electron chi connectivity index (χ0n) is 20.5. The van der Waals surface area contributed by atoms with Crippen LogP contribution in [0.15, 0.2) is 35.3 Å². The normalized spacial score (nSPS) is 17.0. The van der Waals surface area contributed by atoms with Crippen molar-refractivity contribution in [1.82, 2.24) is 19.4 Å².